The minimum Gasteiger partial charge on any atom is -0.292 e. The highest BCUT2D eigenvalue weighted by Gasteiger charge is 1.88. The van der Waals surface area contributed by atoms with Crippen LogP contribution in [0.25, 0.3) is 0 Å². The first kappa shape index (κ1) is 6.92. The van der Waals surface area contributed by atoms with Crippen LogP contribution in [0.3, 0.4) is 0 Å². The summed E-state index contributed by atoms with van der Waals surface area (Å²) in [7, 11) is 0. The molecular formula is C5H12NO. The van der Waals surface area contributed by atoms with Gasteiger partial charge in [-0.05, 0) is 12.5 Å². The Morgan fingerprint density at radius 3 is 2.29 bits per heavy atom. The van der Waals surface area contributed by atoms with Gasteiger partial charge >= 0.3 is 0 Å². The van der Waals surface area contributed by atoms with Crippen molar-refractivity contribution < 1.29 is 5.11 Å². The molecule has 0 heterocycles. The van der Waals surface area contributed by atoms with Crippen molar-refractivity contribution >= 4 is 0 Å². The first-order chi connectivity index (χ1) is 3.27. The smallest absolute Gasteiger partial charge is 0.133 e. The summed E-state index contributed by atoms with van der Waals surface area (Å²) in [5.41, 5.74) is 0. The molecule has 0 aromatic heterocycles. The highest BCUT2D eigenvalue weighted by Crippen LogP contribution is 1.84. The van der Waals surface area contributed by atoms with Crippen molar-refractivity contribution in [1.29, 1.82) is 0 Å². The molecule has 1 radical (unpaired) electrons. The van der Waals surface area contributed by atoms with Crippen LogP contribution in [0.2, 0.25) is 0 Å². The lowest BCUT2D eigenvalue weighted by Crippen LogP contribution is -2.19. The van der Waals surface area contributed by atoms with Crippen LogP contribution >= 0.6 is 0 Å². The molecule has 0 aromatic carbocycles. The van der Waals surface area contributed by atoms with Crippen molar-refractivity contribution in [3.63, 3.8) is 0 Å². The van der Waals surface area contributed by atoms with E-state index in [0.29, 0.717) is 5.92 Å². The third-order valence-corrected chi connectivity index (χ3v) is 0.655. The quantitative estimate of drug-likeness (QED) is 0.520. The summed E-state index contributed by atoms with van der Waals surface area (Å²) < 4.78 is 0. The van der Waals surface area contributed by atoms with Gasteiger partial charge in [-0.3, -0.25) is 5.32 Å². The van der Waals surface area contributed by atoms with Crippen molar-refractivity contribution in [2.45, 2.75) is 13.8 Å². The van der Waals surface area contributed by atoms with Crippen LogP contribution in [-0.2, 0) is 5.11 Å². The zero-order chi connectivity index (χ0) is 5.70. The van der Waals surface area contributed by atoms with Crippen LogP contribution in [0.1, 0.15) is 13.8 Å². The van der Waals surface area contributed by atoms with Gasteiger partial charge in [0.1, 0.15) is 6.73 Å². The van der Waals surface area contributed by atoms with E-state index in [-0.39, 0.29) is 6.73 Å². The topological polar surface area (TPSA) is 31.9 Å². The molecule has 0 saturated carbocycles. The van der Waals surface area contributed by atoms with E-state index in [9.17, 15) is 5.11 Å². The standard InChI is InChI=1S/C5H12NO/c1-5(2)3-6-4-7/h5-6H,3-4H2,1-2H3. The average Bonchev–Trinajstić information content (AvgIpc) is 1.61. The molecule has 0 aliphatic heterocycles. The molecule has 0 unspecified atom stereocenters. The number of rotatable bonds is 3. The minimum atomic E-state index is -0.155. The van der Waals surface area contributed by atoms with E-state index >= 15 is 0 Å². The summed E-state index contributed by atoms with van der Waals surface area (Å²) in [6.45, 7) is 4.83. The molecule has 0 saturated heterocycles. The maximum atomic E-state index is 9.72. The molecule has 2 nitrogen and oxygen atoms in total. The molecular weight excluding hydrogens is 90.1 g/mol. The second-order valence-electron chi connectivity index (χ2n) is 1.99. The first-order valence-electron chi connectivity index (χ1n) is 2.56. The Bertz CT molecular complexity index is 37.1. The molecule has 43 valence electrons. The Labute approximate surface area is 44.5 Å². The summed E-state index contributed by atoms with van der Waals surface area (Å²) in [6, 6.07) is 0. The predicted molar refractivity (Wildman–Crippen MR) is 28.4 cm³/mol. The van der Waals surface area contributed by atoms with Crippen molar-refractivity contribution in [3.05, 3.63) is 0 Å². The molecule has 2 heteroatoms. The molecule has 0 atom stereocenters. The van der Waals surface area contributed by atoms with E-state index < -0.39 is 0 Å². The first-order valence-corrected chi connectivity index (χ1v) is 2.56. The van der Waals surface area contributed by atoms with Gasteiger partial charge in [0, 0.05) is 0 Å². The fourth-order valence-corrected chi connectivity index (χ4v) is 0.348. The summed E-state index contributed by atoms with van der Waals surface area (Å²) in [5, 5.41) is 12.4. The molecule has 0 spiro atoms. The highest BCUT2D eigenvalue weighted by molar-refractivity contribution is 4.44. The Balaban J connectivity index is 2.68. The molecule has 1 N–H and O–H groups in total. The maximum Gasteiger partial charge on any atom is 0.133 e. The molecule has 0 bridgehead atoms. The van der Waals surface area contributed by atoms with Crippen LogP contribution in [-0.4, -0.2) is 13.3 Å². The van der Waals surface area contributed by atoms with Crippen LogP contribution in [0, 0.1) is 5.92 Å². The van der Waals surface area contributed by atoms with Crippen molar-refractivity contribution in [2.24, 2.45) is 5.92 Å². The molecule has 7 heavy (non-hydrogen) atoms. The zero-order valence-corrected chi connectivity index (χ0v) is 4.90. The van der Waals surface area contributed by atoms with Crippen LogP contribution < -0.4 is 5.32 Å². The number of hydrogen-bond acceptors (Lipinski definition) is 1. The Morgan fingerprint density at radius 2 is 2.14 bits per heavy atom. The predicted octanol–water partition coefficient (Wildman–Crippen LogP) is 0.620. The molecule has 0 aliphatic rings. The van der Waals surface area contributed by atoms with Crippen molar-refractivity contribution in [1.82, 2.24) is 5.32 Å². The van der Waals surface area contributed by atoms with E-state index in [1.54, 1.807) is 0 Å². The fraction of sp³-hybridized carbons (Fsp3) is 1.00. The highest BCUT2D eigenvalue weighted by atomic mass is 16.3. The third-order valence-electron chi connectivity index (χ3n) is 0.655. The summed E-state index contributed by atoms with van der Waals surface area (Å²) >= 11 is 0. The monoisotopic (exact) mass is 102 g/mol. The Kier molecular flexibility index (Phi) is 4.04. The van der Waals surface area contributed by atoms with E-state index in [2.05, 4.69) is 19.2 Å². The van der Waals surface area contributed by atoms with Crippen LogP contribution in [0.15, 0.2) is 0 Å². The van der Waals surface area contributed by atoms with Gasteiger partial charge in [-0.25, -0.2) is 5.11 Å². The van der Waals surface area contributed by atoms with Crippen molar-refractivity contribution in [3.8, 4) is 0 Å². The van der Waals surface area contributed by atoms with E-state index in [1.807, 2.05) is 0 Å². The summed E-state index contributed by atoms with van der Waals surface area (Å²) in [5.74, 6) is 0.592. The van der Waals surface area contributed by atoms with Gasteiger partial charge in [-0.1, -0.05) is 13.8 Å². The van der Waals surface area contributed by atoms with Gasteiger partial charge in [0.05, 0.1) is 0 Å². The van der Waals surface area contributed by atoms with E-state index in [4.69, 9.17) is 0 Å². The second-order valence-corrected chi connectivity index (χ2v) is 1.99. The lowest BCUT2D eigenvalue weighted by atomic mass is 10.2. The van der Waals surface area contributed by atoms with Gasteiger partial charge in [-0.15, -0.1) is 0 Å². The van der Waals surface area contributed by atoms with Crippen LogP contribution in [0.4, 0.5) is 0 Å². The average molecular weight is 102 g/mol. The van der Waals surface area contributed by atoms with Gasteiger partial charge in [0.25, 0.3) is 0 Å². The van der Waals surface area contributed by atoms with E-state index in [0.717, 1.165) is 6.54 Å². The molecule has 0 rings (SSSR count). The van der Waals surface area contributed by atoms with Crippen LogP contribution in [0.5, 0.6) is 0 Å². The third kappa shape index (κ3) is 5.92. The number of nitrogens with one attached hydrogen (secondary N) is 1. The van der Waals surface area contributed by atoms with Gasteiger partial charge in [-0.2, -0.15) is 0 Å². The zero-order valence-electron chi connectivity index (χ0n) is 4.90. The van der Waals surface area contributed by atoms with E-state index in [1.165, 1.54) is 0 Å². The maximum absolute atomic E-state index is 9.72. The van der Waals surface area contributed by atoms with Gasteiger partial charge < -0.3 is 0 Å². The molecule has 0 fully saturated rings. The Hall–Kier alpha value is -0.0800. The largest absolute Gasteiger partial charge is 0.292 e. The Morgan fingerprint density at radius 1 is 1.57 bits per heavy atom. The summed E-state index contributed by atoms with van der Waals surface area (Å²) in [4.78, 5) is 0. The van der Waals surface area contributed by atoms with Crippen molar-refractivity contribution in [2.75, 3.05) is 13.3 Å². The minimum absolute atomic E-state index is 0.155. The SMILES string of the molecule is CC(C)CNC[O]. The normalized spacial score (nSPS) is 10.3. The lowest BCUT2D eigenvalue weighted by Gasteiger charge is -2.00. The lowest BCUT2D eigenvalue weighted by molar-refractivity contribution is 0.164. The number of hydrogen-bond donors (Lipinski definition) is 1. The van der Waals surface area contributed by atoms with Gasteiger partial charge in [0.2, 0.25) is 0 Å². The summed E-state index contributed by atoms with van der Waals surface area (Å²) in [6.07, 6.45) is 0. The molecule has 0 amide bonds. The second kappa shape index (κ2) is 4.09. The fourth-order valence-electron chi connectivity index (χ4n) is 0.348. The molecule has 0 aromatic rings. The van der Waals surface area contributed by atoms with Gasteiger partial charge in [0.15, 0.2) is 0 Å². The molecule has 0 aliphatic carbocycles.